The van der Waals surface area contributed by atoms with E-state index in [1.165, 1.54) is 18.6 Å². The molecule has 0 bridgehead atoms. The molecule has 2 rings (SSSR count). The molecule has 1 aromatic heterocycles. The molecule has 6 heteroatoms. The van der Waals surface area contributed by atoms with Gasteiger partial charge in [-0.05, 0) is 19.1 Å². The zero-order valence-electron chi connectivity index (χ0n) is 9.87. The van der Waals surface area contributed by atoms with Crippen LogP contribution in [0.4, 0.5) is 0 Å². The highest BCUT2D eigenvalue weighted by Gasteiger charge is 2.13. The van der Waals surface area contributed by atoms with Crippen molar-refractivity contribution in [2.45, 2.75) is 18.4 Å². The Labute approximate surface area is 106 Å². The van der Waals surface area contributed by atoms with Crippen LogP contribution in [0.2, 0.25) is 0 Å². The molecule has 0 fully saturated rings. The van der Waals surface area contributed by atoms with Gasteiger partial charge in [-0.3, -0.25) is 9.97 Å². The van der Waals surface area contributed by atoms with Gasteiger partial charge in [0.05, 0.1) is 17.1 Å². The second-order valence-electron chi connectivity index (χ2n) is 3.83. The van der Waals surface area contributed by atoms with Crippen LogP contribution in [0.15, 0.2) is 47.8 Å². The topological polar surface area (TPSA) is 72.0 Å². The molecule has 0 saturated heterocycles. The van der Waals surface area contributed by atoms with Crippen LogP contribution in [0.25, 0.3) is 0 Å². The smallest absolute Gasteiger partial charge is 0.240 e. The number of nitrogens with one attached hydrogen (secondary N) is 1. The summed E-state index contributed by atoms with van der Waals surface area (Å²) < 4.78 is 26.4. The Bertz CT molecular complexity index is 610. The van der Waals surface area contributed by atoms with Crippen LogP contribution in [-0.4, -0.2) is 18.4 Å². The number of rotatable bonds is 4. The summed E-state index contributed by atoms with van der Waals surface area (Å²) in [5.74, 6) is 0. The molecule has 0 saturated carbocycles. The largest absolute Gasteiger partial charge is 0.261 e. The highest BCUT2D eigenvalue weighted by atomic mass is 32.2. The summed E-state index contributed by atoms with van der Waals surface area (Å²) in [4.78, 5) is 8.12. The fraction of sp³-hybridized carbons (Fsp3) is 0.167. The van der Waals surface area contributed by atoms with Crippen molar-refractivity contribution < 1.29 is 8.42 Å². The van der Waals surface area contributed by atoms with Crippen molar-refractivity contribution in [3.63, 3.8) is 0 Å². The van der Waals surface area contributed by atoms with Gasteiger partial charge in [0.15, 0.2) is 0 Å². The summed E-state index contributed by atoms with van der Waals surface area (Å²) in [5, 5.41) is 0. The molecule has 0 unspecified atom stereocenters. The molecule has 5 nitrogen and oxygen atoms in total. The van der Waals surface area contributed by atoms with Crippen molar-refractivity contribution in [3.05, 3.63) is 54.1 Å². The summed E-state index contributed by atoms with van der Waals surface area (Å²) in [6, 6.07) is 6.68. The molecular weight excluding hydrogens is 250 g/mol. The first-order valence-corrected chi connectivity index (χ1v) is 6.87. The third-order valence-corrected chi connectivity index (χ3v) is 3.81. The second kappa shape index (κ2) is 5.24. The Morgan fingerprint density at radius 1 is 1.17 bits per heavy atom. The van der Waals surface area contributed by atoms with Crippen molar-refractivity contribution in [2.24, 2.45) is 0 Å². The van der Waals surface area contributed by atoms with E-state index in [4.69, 9.17) is 0 Å². The van der Waals surface area contributed by atoms with E-state index in [0.29, 0.717) is 5.69 Å². The molecule has 1 aromatic carbocycles. The lowest BCUT2D eigenvalue weighted by Gasteiger charge is -2.06. The van der Waals surface area contributed by atoms with Gasteiger partial charge in [-0.2, -0.15) is 0 Å². The van der Waals surface area contributed by atoms with E-state index in [1.54, 1.807) is 24.3 Å². The average Bonchev–Trinajstić information content (AvgIpc) is 2.38. The first-order valence-electron chi connectivity index (χ1n) is 5.39. The minimum Gasteiger partial charge on any atom is -0.261 e. The van der Waals surface area contributed by atoms with E-state index in [2.05, 4.69) is 14.7 Å². The molecule has 18 heavy (non-hydrogen) atoms. The van der Waals surface area contributed by atoms with E-state index < -0.39 is 10.0 Å². The Balaban J connectivity index is 2.11. The number of benzene rings is 1. The number of hydrogen-bond donors (Lipinski definition) is 1. The van der Waals surface area contributed by atoms with Crippen LogP contribution in [-0.2, 0) is 16.6 Å². The molecular formula is C12H13N3O2S. The van der Waals surface area contributed by atoms with Crippen LogP contribution >= 0.6 is 0 Å². The molecule has 2 aromatic rings. The molecule has 0 atom stereocenters. The Morgan fingerprint density at radius 3 is 2.50 bits per heavy atom. The van der Waals surface area contributed by atoms with Crippen LogP contribution in [0, 0.1) is 6.92 Å². The maximum Gasteiger partial charge on any atom is 0.240 e. The summed E-state index contributed by atoms with van der Waals surface area (Å²) in [5.41, 5.74) is 1.59. The zero-order valence-corrected chi connectivity index (χ0v) is 10.7. The number of hydrogen-bond acceptors (Lipinski definition) is 4. The normalized spacial score (nSPS) is 11.4. The Morgan fingerprint density at radius 2 is 1.89 bits per heavy atom. The van der Waals surface area contributed by atoms with Crippen molar-refractivity contribution in [1.82, 2.24) is 14.7 Å². The summed E-state index contributed by atoms with van der Waals surface area (Å²) in [6.07, 6.45) is 4.59. The minimum absolute atomic E-state index is 0.129. The molecule has 0 amide bonds. The molecule has 0 aliphatic heterocycles. The number of aromatic nitrogens is 2. The molecule has 0 aliphatic rings. The molecule has 0 aliphatic carbocycles. The number of nitrogens with zero attached hydrogens (tertiary/aromatic N) is 2. The fourth-order valence-corrected chi connectivity index (χ4v) is 2.39. The maximum absolute atomic E-state index is 12.0. The lowest BCUT2D eigenvalue weighted by Crippen LogP contribution is -2.23. The van der Waals surface area contributed by atoms with Crippen molar-refractivity contribution in [2.75, 3.05) is 0 Å². The highest BCUT2D eigenvalue weighted by Crippen LogP contribution is 2.10. The third kappa shape index (κ3) is 3.12. The van der Waals surface area contributed by atoms with Gasteiger partial charge in [-0.25, -0.2) is 13.1 Å². The monoisotopic (exact) mass is 263 g/mol. The summed E-state index contributed by atoms with van der Waals surface area (Å²) in [7, 11) is -3.49. The molecule has 0 radical (unpaired) electrons. The van der Waals surface area contributed by atoms with Crippen LogP contribution < -0.4 is 4.72 Å². The SMILES string of the molecule is Cc1ccc(S(=O)(=O)NCc2cnccn2)cc1. The quantitative estimate of drug-likeness (QED) is 0.901. The van der Waals surface area contributed by atoms with Gasteiger partial charge in [0.25, 0.3) is 0 Å². The van der Waals surface area contributed by atoms with E-state index >= 15 is 0 Å². The average molecular weight is 263 g/mol. The van der Waals surface area contributed by atoms with Gasteiger partial charge in [0.2, 0.25) is 10.0 Å². The van der Waals surface area contributed by atoms with Crippen LogP contribution in [0.5, 0.6) is 0 Å². The zero-order chi connectivity index (χ0) is 13.0. The Kier molecular flexibility index (Phi) is 3.69. The van der Waals surface area contributed by atoms with Crippen molar-refractivity contribution >= 4 is 10.0 Å². The summed E-state index contributed by atoms with van der Waals surface area (Å²) in [6.45, 7) is 2.04. The Hall–Kier alpha value is -1.79. The number of sulfonamides is 1. The third-order valence-electron chi connectivity index (χ3n) is 2.39. The first kappa shape index (κ1) is 12.7. The van der Waals surface area contributed by atoms with Gasteiger partial charge in [-0.1, -0.05) is 17.7 Å². The lowest BCUT2D eigenvalue weighted by atomic mass is 10.2. The van der Waals surface area contributed by atoms with Gasteiger partial charge >= 0.3 is 0 Å². The number of aryl methyl sites for hydroxylation is 1. The molecule has 1 N–H and O–H groups in total. The van der Waals surface area contributed by atoms with E-state index in [9.17, 15) is 8.42 Å². The first-order chi connectivity index (χ1) is 8.58. The lowest BCUT2D eigenvalue weighted by molar-refractivity contribution is 0.580. The van der Waals surface area contributed by atoms with Crippen LogP contribution in [0.3, 0.4) is 0 Å². The van der Waals surface area contributed by atoms with Crippen LogP contribution in [0.1, 0.15) is 11.3 Å². The van der Waals surface area contributed by atoms with E-state index in [-0.39, 0.29) is 11.4 Å². The fourth-order valence-electron chi connectivity index (χ4n) is 1.39. The second-order valence-corrected chi connectivity index (χ2v) is 5.60. The van der Waals surface area contributed by atoms with Crippen molar-refractivity contribution in [1.29, 1.82) is 0 Å². The minimum atomic E-state index is -3.49. The van der Waals surface area contributed by atoms with Crippen molar-refractivity contribution in [3.8, 4) is 0 Å². The summed E-state index contributed by atoms with van der Waals surface area (Å²) >= 11 is 0. The van der Waals surface area contributed by atoms with Gasteiger partial charge < -0.3 is 0 Å². The highest BCUT2D eigenvalue weighted by molar-refractivity contribution is 7.89. The predicted octanol–water partition coefficient (Wildman–Crippen LogP) is 1.26. The van der Waals surface area contributed by atoms with Gasteiger partial charge in [0, 0.05) is 18.6 Å². The molecule has 0 spiro atoms. The maximum atomic E-state index is 12.0. The standard InChI is InChI=1S/C12H13N3O2S/c1-10-2-4-12(5-3-10)18(16,17)15-9-11-8-13-6-7-14-11/h2-8,15H,9H2,1H3. The molecule has 94 valence electrons. The van der Waals surface area contributed by atoms with Gasteiger partial charge in [0.1, 0.15) is 0 Å². The van der Waals surface area contributed by atoms with Gasteiger partial charge in [-0.15, -0.1) is 0 Å². The predicted molar refractivity (Wildman–Crippen MR) is 67.2 cm³/mol. The van der Waals surface area contributed by atoms with E-state index in [1.807, 2.05) is 6.92 Å². The van der Waals surface area contributed by atoms with E-state index in [0.717, 1.165) is 5.56 Å². The molecule has 1 heterocycles.